The van der Waals surface area contributed by atoms with Crippen molar-refractivity contribution in [1.82, 2.24) is 0 Å². The number of carboxylic acids is 1. The van der Waals surface area contributed by atoms with Crippen molar-refractivity contribution >= 4 is 40.7 Å². The lowest BCUT2D eigenvalue weighted by atomic mass is 10.1. The van der Waals surface area contributed by atoms with Crippen molar-refractivity contribution in [3.05, 3.63) is 76.1 Å². The van der Waals surface area contributed by atoms with Gasteiger partial charge in [-0.2, -0.15) is 0 Å². The number of hydrogen-bond acceptors (Lipinski definition) is 4. The highest BCUT2D eigenvalue weighted by Gasteiger charge is 2.21. The van der Waals surface area contributed by atoms with E-state index in [-0.39, 0.29) is 17.9 Å². The monoisotopic (exact) mass is 387 g/mol. The molecule has 0 saturated heterocycles. The molecule has 0 spiro atoms. The van der Waals surface area contributed by atoms with Crippen LogP contribution in [0.3, 0.4) is 0 Å². The zero-order valence-corrected chi connectivity index (χ0v) is 15.0. The predicted molar refractivity (Wildman–Crippen MR) is 102 cm³/mol. The molecule has 0 unspecified atom stereocenters. The highest BCUT2D eigenvalue weighted by atomic mass is 35.5. The molecule has 7 heteroatoms. The summed E-state index contributed by atoms with van der Waals surface area (Å²) in [5.41, 5.74) is 1.77. The Hall–Kier alpha value is -2.83. The molecule has 2 aromatic carbocycles. The highest BCUT2D eigenvalue weighted by Crippen LogP contribution is 2.36. The summed E-state index contributed by atoms with van der Waals surface area (Å²) in [5.74, 6) is -1.13. The second kappa shape index (κ2) is 8.03. The van der Waals surface area contributed by atoms with Crippen molar-refractivity contribution in [2.75, 3.05) is 5.32 Å². The Bertz CT molecular complexity index is 922. The van der Waals surface area contributed by atoms with Gasteiger partial charge >= 0.3 is 12.1 Å². The van der Waals surface area contributed by atoms with Crippen LogP contribution in [-0.4, -0.2) is 17.2 Å². The molecule has 5 nitrogen and oxygen atoms in total. The standard InChI is InChI=1S/C19H14ClNO4S/c20-14-8-6-13(7-9-14)17-16(18(22)23)15(11-26-17)21-19(24)25-10-12-4-2-1-3-5-12/h1-9,11H,10H2,(H,21,24)(H,22,23). The summed E-state index contributed by atoms with van der Waals surface area (Å²) in [5, 5.41) is 14.2. The average molecular weight is 388 g/mol. The topological polar surface area (TPSA) is 75.6 Å². The van der Waals surface area contributed by atoms with Crippen molar-refractivity contribution in [2.24, 2.45) is 0 Å². The molecule has 0 fully saturated rings. The third kappa shape index (κ3) is 4.22. The van der Waals surface area contributed by atoms with E-state index in [4.69, 9.17) is 16.3 Å². The molecule has 26 heavy (non-hydrogen) atoms. The van der Waals surface area contributed by atoms with Gasteiger partial charge < -0.3 is 9.84 Å². The predicted octanol–water partition coefficient (Wildman–Crippen LogP) is 5.52. The second-order valence-electron chi connectivity index (χ2n) is 5.35. The van der Waals surface area contributed by atoms with Crippen LogP contribution in [0.15, 0.2) is 60.0 Å². The Kier molecular flexibility index (Phi) is 5.55. The molecule has 0 aliphatic rings. The van der Waals surface area contributed by atoms with Crippen LogP contribution >= 0.6 is 22.9 Å². The maximum Gasteiger partial charge on any atom is 0.412 e. The molecule has 1 heterocycles. The van der Waals surface area contributed by atoms with E-state index in [1.54, 1.807) is 29.6 Å². The van der Waals surface area contributed by atoms with Gasteiger partial charge in [-0.1, -0.05) is 54.1 Å². The van der Waals surface area contributed by atoms with Crippen molar-refractivity contribution in [2.45, 2.75) is 6.61 Å². The number of nitrogens with one attached hydrogen (secondary N) is 1. The lowest BCUT2D eigenvalue weighted by Crippen LogP contribution is -2.15. The van der Waals surface area contributed by atoms with Gasteiger partial charge in [0.05, 0.1) is 10.6 Å². The fraction of sp³-hybridized carbons (Fsp3) is 0.0526. The summed E-state index contributed by atoms with van der Waals surface area (Å²) in [6.07, 6.45) is -0.711. The number of ether oxygens (including phenoxy) is 1. The number of carboxylic acid groups (broad SMARTS) is 1. The molecule has 0 bridgehead atoms. The molecular weight excluding hydrogens is 374 g/mol. The third-order valence-corrected chi connectivity index (χ3v) is 4.84. The third-order valence-electron chi connectivity index (χ3n) is 3.56. The first-order chi connectivity index (χ1) is 12.5. The van der Waals surface area contributed by atoms with Crippen molar-refractivity contribution in [3.8, 4) is 10.4 Å². The number of hydrogen-bond donors (Lipinski definition) is 2. The van der Waals surface area contributed by atoms with E-state index in [1.807, 2.05) is 30.3 Å². The van der Waals surface area contributed by atoms with Crippen LogP contribution in [-0.2, 0) is 11.3 Å². The van der Waals surface area contributed by atoms with E-state index in [0.29, 0.717) is 15.5 Å². The molecule has 3 aromatic rings. The van der Waals surface area contributed by atoms with Gasteiger partial charge in [-0.15, -0.1) is 11.3 Å². The van der Waals surface area contributed by atoms with Gasteiger partial charge in [0.25, 0.3) is 0 Å². The Morgan fingerprint density at radius 2 is 1.77 bits per heavy atom. The van der Waals surface area contributed by atoms with E-state index in [9.17, 15) is 14.7 Å². The van der Waals surface area contributed by atoms with Gasteiger partial charge in [0.1, 0.15) is 12.2 Å². The molecule has 0 radical (unpaired) electrons. The Labute approximate surface area is 158 Å². The lowest BCUT2D eigenvalue weighted by molar-refractivity contribution is 0.0699. The van der Waals surface area contributed by atoms with Gasteiger partial charge in [-0.3, -0.25) is 5.32 Å². The van der Waals surface area contributed by atoms with Crippen LogP contribution in [0.2, 0.25) is 5.02 Å². The number of rotatable bonds is 5. The SMILES string of the molecule is O=C(Nc1csc(-c2ccc(Cl)cc2)c1C(=O)O)OCc1ccccc1. The van der Waals surface area contributed by atoms with Crippen LogP contribution in [0.1, 0.15) is 15.9 Å². The molecule has 1 aromatic heterocycles. The molecule has 0 aliphatic heterocycles. The molecular formula is C19H14ClNO4S. The lowest BCUT2D eigenvalue weighted by Gasteiger charge is -2.07. The number of thiophene rings is 1. The second-order valence-corrected chi connectivity index (χ2v) is 6.67. The van der Waals surface area contributed by atoms with Crippen molar-refractivity contribution in [3.63, 3.8) is 0 Å². The van der Waals surface area contributed by atoms with Gasteiger partial charge in [0.15, 0.2) is 0 Å². The summed E-state index contributed by atoms with van der Waals surface area (Å²) >= 11 is 7.10. The molecule has 1 amide bonds. The van der Waals surface area contributed by atoms with E-state index >= 15 is 0 Å². The van der Waals surface area contributed by atoms with Gasteiger partial charge in [0.2, 0.25) is 0 Å². The largest absolute Gasteiger partial charge is 0.478 e. The van der Waals surface area contributed by atoms with Crippen LogP contribution in [0, 0.1) is 0 Å². The van der Waals surface area contributed by atoms with Crippen LogP contribution in [0.4, 0.5) is 10.5 Å². The minimum atomic E-state index is -1.13. The Morgan fingerprint density at radius 1 is 1.08 bits per heavy atom. The quantitative estimate of drug-likeness (QED) is 0.604. The first-order valence-electron chi connectivity index (χ1n) is 7.63. The van der Waals surface area contributed by atoms with Crippen LogP contribution < -0.4 is 5.32 Å². The number of anilines is 1. The number of aromatic carboxylic acids is 1. The molecule has 0 saturated carbocycles. The normalized spacial score (nSPS) is 10.3. The van der Waals surface area contributed by atoms with Gasteiger partial charge in [0, 0.05) is 10.4 Å². The molecule has 0 atom stereocenters. The maximum atomic E-state index is 12.0. The molecule has 2 N–H and O–H groups in total. The molecule has 132 valence electrons. The molecule has 3 rings (SSSR count). The van der Waals surface area contributed by atoms with Crippen molar-refractivity contribution in [1.29, 1.82) is 0 Å². The zero-order chi connectivity index (χ0) is 18.5. The average Bonchev–Trinajstić information content (AvgIpc) is 3.05. The number of carbonyl (C=O) groups is 2. The zero-order valence-electron chi connectivity index (χ0n) is 13.4. The minimum Gasteiger partial charge on any atom is -0.478 e. The van der Waals surface area contributed by atoms with Gasteiger partial charge in [-0.05, 0) is 23.3 Å². The van der Waals surface area contributed by atoms with Crippen LogP contribution in [0.25, 0.3) is 10.4 Å². The van der Waals surface area contributed by atoms with E-state index < -0.39 is 12.1 Å². The highest BCUT2D eigenvalue weighted by molar-refractivity contribution is 7.14. The van der Waals surface area contributed by atoms with E-state index in [2.05, 4.69) is 5.32 Å². The first kappa shape index (κ1) is 18.0. The Balaban J connectivity index is 1.76. The summed E-state index contributed by atoms with van der Waals surface area (Å²) in [6.45, 7) is 0.100. The number of amides is 1. The summed E-state index contributed by atoms with van der Waals surface area (Å²) in [6, 6.07) is 16.1. The smallest absolute Gasteiger partial charge is 0.412 e. The number of benzene rings is 2. The fourth-order valence-corrected chi connectivity index (χ4v) is 3.47. The minimum absolute atomic E-state index is 0.0222. The van der Waals surface area contributed by atoms with Gasteiger partial charge in [-0.25, -0.2) is 9.59 Å². The fourth-order valence-electron chi connectivity index (χ4n) is 2.35. The first-order valence-corrected chi connectivity index (χ1v) is 8.89. The summed E-state index contributed by atoms with van der Waals surface area (Å²) < 4.78 is 5.14. The van der Waals surface area contributed by atoms with Crippen LogP contribution in [0.5, 0.6) is 0 Å². The van der Waals surface area contributed by atoms with E-state index in [0.717, 1.165) is 5.56 Å². The Morgan fingerprint density at radius 3 is 2.42 bits per heavy atom. The number of halogens is 1. The summed E-state index contributed by atoms with van der Waals surface area (Å²) in [7, 11) is 0. The number of carbonyl (C=O) groups excluding carboxylic acids is 1. The molecule has 0 aliphatic carbocycles. The van der Waals surface area contributed by atoms with E-state index in [1.165, 1.54) is 11.3 Å². The maximum absolute atomic E-state index is 12.0. The summed E-state index contributed by atoms with van der Waals surface area (Å²) in [4.78, 5) is 24.2. The van der Waals surface area contributed by atoms with Crippen molar-refractivity contribution < 1.29 is 19.4 Å².